The molecular formula is C13H21N3. The van der Waals surface area contributed by atoms with E-state index in [1.807, 2.05) is 0 Å². The number of aliphatic imine (C=N–C) groups is 1. The van der Waals surface area contributed by atoms with Gasteiger partial charge in [-0.1, -0.05) is 36.8 Å². The van der Waals surface area contributed by atoms with Crippen LogP contribution in [0.4, 0.5) is 0 Å². The Kier molecular flexibility index (Phi) is 5.40. The van der Waals surface area contributed by atoms with Crippen LogP contribution in [-0.4, -0.2) is 19.6 Å². The molecule has 0 aliphatic rings. The van der Waals surface area contributed by atoms with Crippen molar-refractivity contribution in [3.8, 4) is 0 Å². The second kappa shape index (κ2) is 6.88. The molecule has 3 nitrogen and oxygen atoms in total. The van der Waals surface area contributed by atoms with Gasteiger partial charge in [0.1, 0.15) is 0 Å². The highest BCUT2D eigenvalue weighted by Crippen LogP contribution is 2.02. The first kappa shape index (κ1) is 12.6. The molecule has 1 aromatic rings. The van der Waals surface area contributed by atoms with Crippen molar-refractivity contribution in [2.24, 2.45) is 4.99 Å². The van der Waals surface area contributed by atoms with Gasteiger partial charge in [-0.25, -0.2) is 0 Å². The Morgan fingerprint density at radius 2 is 1.88 bits per heavy atom. The molecule has 88 valence electrons. The smallest absolute Gasteiger partial charge is 0.191 e. The van der Waals surface area contributed by atoms with Gasteiger partial charge >= 0.3 is 0 Å². The predicted octanol–water partition coefficient (Wildman–Crippen LogP) is 2.07. The summed E-state index contributed by atoms with van der Waals surface area (Å²) >= 11 is 0. The van der Waals surface area contributed by atoms with E-state index in [9.17, 15) is 0 Å². The number of hydrogen-bond donors (Lipinski definition) is 2. The molecule has 0 aromatic heterocycles. The molecule has 0 unspecified atom stereocenters. The summed E-state index contributed by atoms with van der Waals surface area (Å²) in [5.41, 5.74) is 2.56. The van der Waals surface area contributed by atoms with Gasteiger partial charge in [-0.2, -0.15) is 0 Å². The Morgan fingerprint density at radius 1 is 1.19 bits per heavy atom. The average molecular weight is 219 g/mol. The third kappa shape index (κ3) is 4.34. The molecule has 0 spiro atoms. The van der Waals surface area contributed by atoms with Gasteiger partial charge in [0.2, 0.25) is 0 Å². The van der Waals surface area contributed by atoms with Gasteiger partial charge in [-0.15, -0.1) is 0 Å². The maximum atomic E-state index is 4.15. The fraction of sp³-hybridized carbons (Fsp3) is 0.462. The van der Waals surface area contributed by atoms with Crippen LogP contribution in [0.2, 0.25) is 0 Å². The third-order valence-electron chi connectivity index (χ3n) is 2.35. The van der Waals surface area contributed by atoms with Crippen LogP contribution in [-0.2, 0) is 6.54 Å². The number of benzene rings is 1. The lowest BCUT2D eigenvalue weighted by molar-refractivity contribution is 0.781. The van der Waals surface area contributed by atoms with Crippen LogP contribution in [0.1, 0.15) is 24.5 Å². The van der Waals surface area contributed by atoms with Crippen LogP contribution >= 0.6 is 0 Å². The van der Waals surface area contributed by atoms with Crippen molar-refractivity contribution < 1.29 is 0 Å². The summed E-state index contributed by atoms with van der Waals surface area (Å²) in [5, 5.41) is 6.52. The van der Waals surface area contributed by atoms with Crippen molar-refractivity contribution in [3.05, 3.63) is 35.4 Å². The number of hydrogen-bond acceptors (Lipinski definition) is 1. The van der Waals surface area contributed by atoms with Gasteiger partial charge in [0.05, 0.1) is 0 Å². The summed E-state index contributed by atoms with van der Waals surface area (Å²) in [6, 6.07) is 8.52. The van der Waals surface area contributed by atoms with E-state index in [0.29, 0.717) is 0 Å². The minimum atomic E-state index is 0.809. The normalized spacial score (nSPS) is 11.3. The molecule has 16 heavy (non-hydrogen) atoms. The van der Waals surface area contributed by atoms with Gasteiger partial charge in [-0.3, -0.25) is 4.99 Å². The zero-order valence-electron chi connectivity index (χ0n) is 10.4. The Bertz CT molecular complexity index is 328. The quantitative estimate of drug-likeness (QED) is 0.601. The molecule has 0 amide bonds. The zero-order chi connectivity index (χ0) is 11.8. The summed E-state index contributed by atoms with van der Waals surface area (Å²) in [4.78, 5) is 4.15. The molecule has 0 aliphatic carbocycles. The molecule has 0 fully saturated rings. The van der Waals surface area contributed by atoms with Gasteiger partial charge in [0.15, 0.2) is 5.96 Å². The van der Waals surface area contributed by atoms with Crippen LogP contribution in [0.5, 0.6) is 0 Å². The van der Waals surface area contributed by atoms with Crippen LogP contribution in [0, 0.1) is 6.92 Å². The summed E-state index contributed by atoms with van der Waals surface area (Å²) in [6.07, 6.45) is 1.10. The Hall–Kier alpha value is -1.51. The van der Waals surface area contributed by atoms with Crippen LogP contribution < -0.4 is 10.6 Å². The largest absolute Gasteiger partial charge is 0.356 e. The Labute approximate surface area is 98.0 Å². The lowest BCUT2D eigenvalue weighted by Crippen LogP contribution is -2.37. The lowest BCUT2D eigenvalue weighted by Gasteiger charge is -2.11. The van der Waals surface area contributed by atoms with E-state index in [2.05, 4.69) is 53.7 Å². The average Bonchev–Trinajstić information content (AvgIpc) is 2.32. The zero-order valence-corrected chi connectivity index (χ0v) is 10.4. The molecule has 1 rings (SSSR count). The van der Waals surface area contributed by atoms with Crippen molar-refractivity contribution in [1.29, 1.82) is 0 Å². The van der Waals surface area contributed by atoms with Crippen molar-refractivity contribution in [1.82, 2.24) is 10.6 Å². The van der Waals surface area contributed by atoms with E-state index >= 15 is 0 Å². The molecule has 2 N–H and O–H groups in total. The first-order valence-corrected chi connectivity index (χ1v) is 5.76. The number of aryl methyl sites for hydroxylation is 1. The molecule has 0 saturated carbocycles. The first-order chi connectivity index (χ1) is 7.76. The fourth-order valence-electron chi connectivity index (χ4n) is 1.36. The summed E-state index contributed by atoms with van der Waals surface area (Å²) in [7, 11) is 1.79. The standard InChI is InChI=1S/C13H21N3/c1-4-9-15-13(14-3)16-10-12-7-5-11(2)6-8-12/h5-8H,4,9-10H2,1-3H3,(H2,14,15,16). The highest BCUT2D eigenvalue weighted by Gasteiger charge is 1.96. The van der Waals surface area contributed by atoms with Crippen molar-refractivity contribution in [3.63, 3.8) is 0 Å². The van der Waals surface area contributed by atoms with Crippen LogP contribution in [0.15, 0.2) is 29.3 Å². The summed E-state index contributed by atoms with van der Waals surface area (Å²) < 4.78 is 0. The van der Waals surface area contributed by atoms with Crippen molar-refractivity contribution in [2.45, 2.75) is 26.8 Å². The fourth-order valence-corrected chi connectivity index (χ4v) is 1.36. The second-order valence-corrected chi connectivity index (χ2v) is 3.84. The van der Waals surface area contributed by atoms with Crippen LogP contribution in [0.25, 0.3) is 0 Å². The summed E-state index contributed by atoms with van der Waals surface area (Å²) in [6.45, 7) is 6.00. The van der Waals surface area contributed by atoms with E-state index < -0.39 is 0 Å². The number of guanidine groups is 1. The Morgan fingerprint density at radius 3 is 2.44 bits per heavy atom. The molecular weight excluding hydrogens is 198 g/mol. The van der Waals surface area contributed by atoms with Gasteiger partial charge in [0, 0.05) is 20.1 Å². The third-order valence-corrected chi connectivity index (χ3v) is 2.35. The molecule has 0 atom stereocenters. The molecule has 0 saturated heterocycles. The molecule has 0 heterocycles. The van der Waals surface area contributed by atoms with E-state index in [1.165, 1.54) is 11.1 Å². The maximum Gasteiger partial charge on any atom is 0.191 e. The monoisotopic (exact) mass is 219 g/mol. The molecule has 0 aliphatic heterocycles. The SMILES string of the molecule is CCCNC(=NC)NCc1ccc(C)cc1. The highest BCUT2D eigenvalue weighted by molar-refractivity contribution is 5.79. The molecule has 0 bridgehead atoms. The second-order valence-electron chi connectivity index (χ2n) is 3.84. The maximum absolute atomic E-state index is 4.15. The Balaban J connectivity index is 2.40. The predicted molar refractivity (Wildman–Crippen MR) is 69.7 cm³/mol. The van der Waals surface area contributed by atoms with Crippen molar-refractivity contribution >= 4 is 5.96 Å². The van der Waals surface area contributed by atoms with E-state index in [4.69, 9.17) is 0 Å². The lowest BCUT2D eigenvalue weighted by atomic mass is 10.1. The highest BCUT2D eigenvalue weighted by atomic mass is 15.2. The number of rotatable bonds is 4. The minimum absolute atomic E-state index is 0.809. The van der Waals surface area contributed by atoms with Gasteiger partial charge in [0.25, 0.3) is 0 Å². The summed E-state index contributed by atoms with van der Waals surface area (Å²) in [5.74, 6) is 0.863. The van der Waals surface area contributed by atoms with E-state index in [-0.39, 0.29) is 0 Å². The first-order valence-electron chi connectivity index (χ1n) is 5.76. The van der Waals surface area contributed by atoms with E-state index in [0.717, 1.165) is 25.5 Å². The van der Waals surface area contributed by atoms with Gasteiger partial charge in [-0.05, 0) is 18.9 Å². The molecule has 3 heteroatoms. The number of nitrogens with zero attached hydrogens (tertiary/aromatic N) is 1. The van der Waals surface area contributed by atoms with E-state index in [1.54, 1.807) is 7.05 Å². The van der Waals surface area contributed by atoms with Crippen molar-refractivity contribution in [2.75, 3.05) is 13.6 Å². The van der Waals surface area contributed by atoms with Gasteiger partial charge < -0.3 is 10.6 Å². The number of nitrogens with one attached hydrogen (secondary N) is 2. The van der Waals surface area contributed by atoms with Crippen LogP contribution in [0.3, 0.4) is 0 Å². The topological polar surface area (TPSA) is 36.4 Å². The molecule has 0 radical (unpaired) electrons. The minimum Gasteiger partial charge on any atom is -0.356 e. The molecule has 1 aromatic carbocycles.